The van der Waals surface area contributed by atoms with Gasteiger partial charge in [0.05, 0.1) is 12.0 Å². The zero-order valence-corrected chi connectivity index (χ0v) is 16.6. The molecule has 1 N–H and O–H groups in total. The Kier molecular flexibility index (Phi) is 6.65. The van der Waals surface area contributed by atoms with Gasteiger partial charge < -0.3 is 14.5 Å². The largest absolute Gasteiger partial charge is 0.461 e. The number of hydrogen-bond acceptors (Lipinski definition) is 7. The summed E-state index contributed by atoms with van der Waals surface area (Å²) in [6, 6.07) is 8.83. The molecule has 2 heterocycles. The van der Waals surface area contributed by atoms with E-state index in [-0.39, 0.29) is 5.75 Å². The first-order valence-electron chi connectivity index (χ1n) is 8.83. The lowest BCUT2D eigenvalue weighted by Gasteiger charge is -2.13. The van der Waals surface area contributed by atoms with Crippen molar-refractivity contribution in [3.63, 3.8) is 0 Å². The van der Waals surface area contributed by atoms with Crippen LogP contribution in [0.25, 0.3) is 11.6 Å². The first-order valence-corrected chi connectivity index (χ1v) is 9.82. The molecule has 0 unspecified atom stereocenters. The summed E-state index contributed by atoms with van der Waals surface area (Å²) in [5.74, 6) is -0.367. The van der Waals surface area contributed by atoms with Crippen LogP contribution in [0.15, 0.2) is 52.2 Å². The van der Waals surface area contributed by atoms with Crippen LogP contribution in [-0.4, -0.2) is 38.5 Å². The standard InChI is InChI=1S/C19H19FN4O4S/c1-3-24-17(15-5-4-10-27-15)22-23-19(24)29-11-16(25)28-12(2)18(26)21-14-8-6-13(20)7-9-14/h4-10,12H,3,11H2,1-2H3,(H,21,26)/t12-/m1/s1. The van der Waals surface area contributed by atoms with E-state index in [1.54, 1.807) is 18.4 Å². The predicted molar refractivity (Wildman–Crippen MR) is 105 cm³/mol. The van der Waals surface area contributed by atoms with Gasteiger partial charge in [-0.15, -0.1) is 10.2 Å². The van der Waals surface area contributed by atoms with E-state index in [4.69, 9.17) is 9.15 Å². The molecule has 152 valence electrons. The number of rotatable bonds is 8. The number of carbonyl (C=O) groups is 2. The molecule has 3 rings (SSSR count). The zero-order valence-electron chi connectivity index (χ0n) is 15.8. The summed E-state index contributed by atoms with van der Waals surface area (Å²) in [7, 11) is 0. The number of thioether (sulfide) groups is 1. The molecule has 1 aromatic carbocycles. The molecule has 0 bridgehead atoms. The van der Waals surface area contributed by atoms with Crippen molar-refractivity contribution in [3.8, 4) is 11.6 Å². The number of benzene rings is 1. The smallest absolute Gasteiger partial charge is 0.317 e. The second kappa shape index (κ2) is 9.37. The highest BCUT2D eigenvalue weighted by atomic mass is 32.2. The number of nitrogens with one attached hydrogen (secondary N) is 1. The first-order chi connectivity index (χ1) is 14.0. The van der Waals surface area contributed by atoms with Crippen molar-refractivity contribution >= 4 is 29.3 Å². The molecule has 0 aliphatic heterocycles. The van der Waals surface area contributed by atoms with Crippen LogP contribution >= 0.6 is 11.8 Å². The van der Waals surface area contributed by atoms with Gasteiger partial charge in [0.15, 0.2) is 22.8 Å². The van der Waals surface area contributed by atoms with E-state index < -0.39 is 23.8 Å². The highest BCUT2D eigenvalue weighted by Gasteiger charge is 2.20. The van der Waals surface area contributed by atoms with E-state index in [1.807, 2.05) is 11.5 Å². The summed E-state index contributed by atoms with van der Waals surface area (Å²) in [5, 5.41) is 11.3. The maximum absolute atomic E-state index is 12.9. The third-order valence-electron chi connectivity index (χ3n) is 3.88. The summed E-state index contributed by atoms with van der Waals surface area (Å²) in [4.78, 5) is 24.2. The number of anilines is 1. The van der Waals surface area contributed by atoms with Gasteiger partial charge in [0.25, 0.3) is 5.91 Å². The number of ether oxygens (including phenoxy) is 1. The first kappa shape index (κ1) is 20.6. The minimum Gasteiger partial charge on any atom is -0.461 e. The summed E-state index contributed by atoms with van der Waals surface area (Å²) in [6.45, 7) is 3.99. The number of aromatic nitrogens is 3. The summed E-state index contributed by atoms with van der Waals surface area (Å²) >= 11 is 1.16. The van der Waals surface area contributed by atoms with Crippen LogP contribution in [0.4, 0.5) is 10.1 Å². The van der Waals surface area contributed by atoms with E-state index in [2.05, 4.69) is 15.5 Å². The molecule has 1 atom stereocenters. The van der Waals surface area contributed by atoms with Crippen LogP contribution < -0.4 is 5.32 Å². The monoisotopic (exact) mass is 418 g/mol. The number of carbonyl (C=O) groups excluding carboxylic acids is 2. The van der Waals surface area contributed by atoms with E-state index in [0.29, 0.717) is 29.0 Å². The molecule has 2 aromatic heterocycles. The molecule has 1 amide bonds. The van der Waals surface area contributed by atoms with Gasteiger partial charge in [0, 0.05) is 12.2 Å². The van der Waals surface area contributed by atoms with Crippen molar-refractivity contribution in [2.24, 2.45) is 0 Å². The van der Waals surface area contributed by atoms with Crippen molar-refractivity contribution in [2.75, 3.05) is 11.1 Å². The number of amides is 1. The minimum absolute atomic E-state index is 0.0372. The van der Waals surface area contributed by atoms with E-state index >= 15 is 0 Å². The van der Waals surface area contributed by atoms with Crippen molar-refractivity contribution in [1.82, 2.24) is 14.8 Å². The Morgan fingerprint density at radius 3 is 2.69 bits per heavy atom. The zero-order chi connectivity index (χ0) is 20.8. The van der Waals surface area contributed by atoms with Gasteiger partial charge in [-0.3, -0.25) is 14.2 Å². The third-order valence-corrected chi connectivity index (χ3v) is 4.82. The maximum atomic E-state index is 12.9. The average Bonchev–Trinajstić information content (AvgIpc) is 3.37. The molecule has 29 heavy (non-hydrogen) atoms. The van der Waals surface area contributed by atoms with E-state index in [9.17, 15) is 14.0 Å². The van der Waals surface area contributed by atoms with Crippen LogP contribution in [0.2, 0.25) is 0 Å². The Hall–Kier alpha value is -3.14. The van der Waals surface area contributed by atoms with E-state index in [1.165, 1.54) is 31.2 Å². The van der Waals surface area contributed by atoms with Crippen molar-refractivity contribution in [3.05, 3.63) is 48.5 Å². The maximum Gasteiger partial charge on any atom is 0.317 e. The Labute approximate surface area is 170 Å². The lowest BCUT2D eigenvalue weighted by Crippen LogP contribution is -2.30. The number of furan rings is 1. The quantitative estimate of drug-likeness (QED) is 0.442. The number of esters is 1. The topological polar surface area (TPSA) is 99.2 Å². The third kappa shape index (κ3) is 5.23. The molecule has 0 saturated heterocycles. The fraction of sp³-hybridized carbons (Fsp3) is 0.263. The normalized spacial score (nSPS) is 11.8. The van der Waals surface area contributed by atoms with Gasteiger partial charge in [0.2, 0.25) is 0 Å². The SMILES string of the molecule is CCn1c(SCC(=O)O[C@H](C)C(=O)Nc2ccc(F)cc2)nnc1-c1ccco1. The molecule has 0 spiro atoms. The highest BCUT2D eigenvalue weighted by Crippen LogP contribution is 2.24. The molecule has 0 fully saturated rings. The van der Waals surface area contributed by atoms with E-state index in [0.717, 1.165) is 11.8 Å². The number of halogens is 1. The average molecular weight is 418 g/mol. The van der Waals surface area contributed by atoms with Gasteiger partial charge in [-0.25, -0.2) is 4.39 Å². The highest BCUT2D eigenvalue weighted by molar-refractivity contribution is 7.99. The fourth-order valence-corrected chi connectivity index (χ4v) is 3.24. The summed E-state index contributed by atoms with van der Waals surface area (Å²) < 4.78 is 25.2. The van der Waals surface area contributed by atoms with Gasteiger partial charge in [0.1, 0.15) is 5.82 Å². The summed E-state index contributed by atoms with van der Waals surface area (Å²) in [6.07, 6.45) is 0.544. The molecule has 0 radical (unpaired) electrons. The Balaban J connectivity index is 1.53. The molecule has 3 aromatic rings. The van der Waals surface area contributed by atoms with Crippen molar-refractivity contribution in [1.29, 1.82) is 0 Å². The Morgan fingerprint density at radius 1 is 1.28 bits per heavy atom. The van der Waals surface area contributed by atoms with Gasteiger partial charge in [-0.05, 0) is 50.2 Å². The second-order valence-corrected chi connectivity index (χ2v) is 6.89. The lowest BCUT2D eigenvalue weighted by molar-refractivity contribution is -0.150. The second-order valence-electron chi connectivity index (χ2n) is 5.94. The Morgan fingerprint density at radius 2 is 2.03 bits per heavy atom. The van der Waals surface area contributed by atoms with Crippen LogP contribution in [0.5, 0.6) is 0 Å². The summed E-state index contributed by atoms with van der Waals surface area (Å²) in [5.41, 5.74) is 0.412. The van der Waals surface area contributed by atoms with Gasteiger partial charge in [-0.2, -0.15) is 0 Å². The minimum atomic E-state index is -1.00. The Bertz CT molecular complexity index is 973. The molecule has 8 nitrogen and oxygen atoms in total. The molecular weight excluding hydrogens is 399 g/mol. The predicted octanol–water partition coefficient (Wildman–Crippen LogP) is 3.36. The molecule has 10 heteroatoms. The van der Waals surface area contributed by atoms with Crippen molar-refractivity contribution in [2.45, 2.75) is 31.7 Å². The molecule has 0 aliphatic rings. The molecular formula is C19H19FN4O4S. The van der Waals surface area contributed by atoms with Crippen molar-refractivity contribution < 1.29 is 23.1 Å². The number of nitrogens with zero attached hydrogens (tertiary/aromatic N) is 3. The lowest BCUT2D eigenvalue weighted by atomic mass is 10.3. The van der Waals surface area contributed by atoms with Gasteiger partial charge >= 0.3 is 5.97 Å². The van der Waals surface area contributed by atoms with Crippen LogP contribution in [0, 0.1) is 5.82 Å². The number of hydrogen-bond donors (Lipinski definition) is 1. The van der Waals surface area contributed by atoms with Crippen LogP contribution in [0.1, 0.15) is 13.8 Å². The van der Waals surface area contributed by atoms with Crippen LogP contribution in [0.3, 0.4) is 0 Å². The van der Waals surface area contributed by atoms with Crippen LogP contribution in [-0.2, 0) is 20.9 Å². The van der Waals surface area contributed by atoms with Gasteiger partial charge in [-0.1, -0.05) is 11.8 Å². The fourth-order valence-electron chi connectivity index (χ4n) is 2.45. The molecule has 0 saturated carbocycles. The molecule has 0 aliphatic carbocycles.